The standard InChI is InChI=1S/C27H28N4O/c1-3-19-9-10-25-23(14-19)26(11-12-30-25)31-27(32)22-6-4-5-20(13-22)16-29-17-21-8-7-18(2)24(28)15-21/h1,7-12,14-15,20,22,28-29H,2,4-6,13,16-17H2,(H,30,31,32). The van der Waals surface area contributed by atoms with Crippen LogP contribution in [0, 0.1) is 29.6 Å². The molecule has 32 heavy (non-hydrogen) atoms. The molecule has 3 N–H and O–H groups in total. The molecule has 5 heteroatoms. The van der Waals surface area contributed by atoms with Gasteiger partial charge in [0.05, 0.1) is 16.9 Å². The summed E-state index contributed by atoms with van der Waals surface area (Å²) in [5.41, 5.74) is 4.65. The van der Waals surface area contributed by atoms with Crippen LogP contribution in [0.4, 0.5) is 5.69 Å². The number of nitrogens with one attached hydrogen (secondary N) is 3. The SMILES string of the molecule is C#Cc1ccc2nccc(NC(=O)C3CCCC(CNCC4=CC(=N)C(=C)C=C4)C3)c2c1. The minimum absolute atomic E-state index is 0.000116. The molecule has 2 unspecified atom stereocenters. The van der Waals surface area contributed by atoms with Gasteiger partial charge in [0.2, 0.25) is 5.91 Å². The third kappa shape index (κ3) is 5.04. The summed E-state index contributed by atoms with van der Waals surface area (Å²) in [5, 5.41) is 15.4. The Bertz CT molecular complexity index is 1170. The van der Waals surface area contributed by atoms with E-state index in [1.165, 1.54) is 0 Å². The monoisotopic (exact) mass is 424 g/mol. The topological polar surface area (TPSA) is 77.9 Å². The molecule has 2 aliphatic carbocycles. The van der Waals surface area contributed by atoms with Gasteiger partial charge in [0, 0.05) is 29.6 Å². The maximum Gasteiger partial charge on any atom is 0.227 e. The van der Waals surface area contributed by atoms with Crippen LogP contribution < -0.4 is 10.6 Å². The summed E-state index contributed by atoms with van der Waals surface area (Å²) >= 11 is 0. The van der Waals surface area contributed by atoms with Gasteiger partial charge in [-0.25, -0.2) is 0 Å². The fourth-order valence-electron chi connectivity index (χ4n) is 4.45. The minimum atomic E-state index is -0.000116. The summed E-state index contributed by atoms with van der Waals surface area (Å²) in [7, 11) is 0. The molecule has 1 amide bonds. The molecule has 2 aromatic rings. The lowest BCUT2D eigenvalue weighted by molar-refractivity contribution is -0.121. The Kier molecular flexibility index (Phi) is 6.63. The molecule has 162 valence electrons. The summed E-state index contributed by atoms with van der Waals surface area (Å²) in [5.74, 6) is 3.17. The highest BCUT2D eigenvalue weighted by molar-refractivity contribution is 6.09. The number of terminal acetylenes is 1. The molecule has 4 rings (SSSR count). The van der Waals surface area contributed by atoms with Crippen LogP contribution in [0.25, 0.3) is 10.9 Å². The Hall–Kier alpha value is -3.49. The molecule has 1 aromatic heterocycles. The van der Waals surface area contributed by atoms with Crippen molar-refractivity contribution in [1.82, 2.24) is 10.3 Å². The van der Waals surface area contributed by atoms with Gasteiger partial charge in [-0.15, -0.1) is 6.42 Å². The Labute approximate surface area is 189 Å². The molecule has 1 aromatic carbocycles. The highest BCUT2D eigenvalue weighted by atomic mass is 16.1. The number of allylic oxidation sites excluding steroid dienone is 3. The van der Waals surface area contributed by atoms with Crippen LogP contribution >= 0.6 is 0 Å². The molecule has 0 radical (unpaired) electrons. The molecule has 1 saturated carbocycles. The number of amides is 1. The highest BCUT2D eigenvalue weighted by Crippen LogP contribution is 2.31. The third-order valence-electron chi connectivity index (χ3n) is 6.26. The maximum absolute atomic E-state index is 13.1. The van der Waals surface area contributed by atoms with E-state index in [2.05, 4.69) is 28.1 Å². The molecule has 0 aliphatic heterocycles. The molecule has 2 aliphatic rings. The Morgan fingerprint density at radius 1 is 1.28 bits per heavy atom. The normalized spacial score (nSPS) is 20.7. The van der Waals surface area contributed by atoms with Crippen molar-refractivity contribution >= 4 is 28.2 Å². The quantitative estimate of drug-likeness (QED) is 0.592. The van der Waals surface area contributed by atoms with Crippen molar-refractivity contribution in [2.24, 2.45) is 11.8 Å². The van der Waals surface area contributed by atoms with E-state index in [1.807, 2.05) is 42.5 Å². The van der Waals surface area contributed by atoms with E-state index >= 15 is 0 Å². The van der Waals surface area contributed by atoms with E-state index in [4.69, 9.17) is 11.8 Å². The average Bonchev–Trinajstić information content (AvgIpc) is 2.81. The first-order chi connectivity index (χ1) is 15.5. The van der Waals surface area contributed by atoms with Crippen molar-refractivity contribution in [1.29, 1.82) is 5.41 Å². The van der Waals surface area contributed by atoms with Gasteiger partial charge in [-0.3, -0.25) is 9.78 Å². The maximum atomic E-state index is 13.1. The smallest absolute Gasteiger partial charge is 0.227 e. The van der Waals surface area contributed by atoms with Crippen LogP contribution in [0.15, 0.2) is 66.4 Å². The summed E-state index contributed by atoms with van der Waals surface area (Å²) in [6.07, 6.45) is 17.0. The Morgan fingerprint density at radius 3 is 2.97 bits per heavy atom. The number of pyridine rings is 1. The number of nitrogens with zero attached hydrogens (tertiary/aromatic N) is 1. The molecule has 0 saturated heterocycles. The van der Waals surface area contributed by atoms with E-state index in [0.29, 0.717) is 11.6 Å². The largest absolute Gasteiger partial charge is 0.325 e. The number of hydrogen-bond donors (Lipinski definition) is 3. The fraction of sp³-hybridized carbons (Fsp3) is 0.296. The summed E-state index contributed by atoms with van der Waals surface area (Å²) in [6.45, 7) is 5.43. The van der Waals surface area contributed by atoms with Crippen molar-refractivity contribution in [2.75, 3.05) is 18.4 Å². The molecular weight excluding hydrogens is 396 g/mol. The number of carbonyl (C=O) groups excluding carboxylic acids is 1. The van der Waals surface area contributed by atoms with Crippen LogP contribution in [0.1, 0.15) is 31.2 Å². The molecule has 2 atom stereocenters. The molecule has 0 bridgehead atoms. The highest BCUT2D eigenvalue weighted by Gasteiger charge is 2.27. The Morgan fingerprint density at radius 2 is 2.16 bits per heavy atom. The van der Waals surface area contributed by atoms with E-state index in [9.17, 15) is 4.79 Å². The van der Waals surface area contributed by atoms with Gasteiger partial charge in [-0.1, -0.05) is 31.1 Å². The van der Waals surface area contributed by atoms with Crippen molar-refractivity contribution < 1.29 is 4.79 Å². The fourth-order valence-corrected chi connectivity index (χ4v) is 4.45. The predicted molar refractivity (Wildman–Crippen MR) is 131 cm³/mol. The summed E-state index contributed by atoms with van der Waals surface area (Å²) in [6, 6.07) is 7.48. The number of aromatic nitrogens is 1. The van der Waals surface area contributed by atoms with Crippen LogP contribution in [0.2, 0.25) is 0 Å². The van der Waals surface area contributed by atoms with Crippen LogP contribution in [-0.4, -0.2) is 29.7 Å². The number of hydrogen-bond acceptors (Lipinski definition) is 4. The summed E-state index contributed by atoms with van der Waals surface area (Å²) < 4.78 is 0. The summed E-state index contributed by atoms with van der Waals surface area (Å²) in [4.78, 5) is 17.4. The first kappa shape index (κ1) is 21.7. The van der Waals surface area contributed by atoms with Gasteiger partial charge < -0.3 is 16.0 Å². The second-order valence-corrected chi connectivity index (χ2v) is 8.58. The number of anilines is 1. The number of carbonyl (C=O) groups is 1. The second-order valence-electron chi connectivity index (χ2n) is 8.58. The third-order valence-corrected chi connectivity index (χ3v) is 6.26. The van der Waals surface area contributed by atoms with Gasteiger partial charge in [0.15, 0.2) is 0 Å². The van der Waals surface area contributed by atoms with E-state index in [-0.39, 0.29) is 11.8 Å². The second kappa shape index (κ2) is 9.76. The van der Waals surface area contributed by atoms with E-state index in [1.54, 1.807) is 6.20 Å². The number of fused-ring (bicyclic) bond motifs is 1. The zero-order valence-corrected chi connectivity index (χ0v) is 18.2. The zero-order chi connectivity index (χ0) is 22.5. The van der Waals surface area contributed by atoms with E-state index < -0.39 is 0 Å². The number of benzene rings is 1. The van der Waals surface area contributed by atoms with Crippen LogP contribution in [0.5, 0.6) is 0 Å². The van der Waals surface area contributed by atoms with Crippen molar-refractivity contribution in [2.45, 2.75) is 25.7 Å². The predicted octanol–water partition coefficient (Wildman–Crippen LogP) is 4.62. The molecule has 1 fully saturated rings. The lowest BCUT2D eigenvalue weighted by atomic mass is 9.81. The number of rotatable bonds is 6. The van der Waals surface area contributed by atoms with Crippen LogP contribution in [-0.2, 0) is 4.79 Å². The average molecular weight is 425 g/mol. The minimum Gasteiger partial charge on any atom is -0.325 e. The molecule has 5 nitrogen and oxygen atoms in total. The van der Waals surface area contributed by atoms with E-state index in [0.717, 1.165) is 72.1 Å². The zero-order valence-electron chi connectivity index (χ0n) is 18.2. The van der Waals surface area contributed by atoms with Gasteiger partial charge in [0.25, 0.3) is 0 Å². The first-order valence-corrected chi connectivity index (χ1v) is 11.1. The first-order valence-electron chi connectivity index (χ1n) is 11.1. The van der Waals surface area contributed by atoms with Crippen molar-refractivity contribution in [3.05, 3.63) is 72.0 Å². The van der Waals surface area contributed by atoms with Gasteiger partial charge in [-0.2, -0.15) is 0 Å². The molecule has 0 spiro atoms. The van der Waals surface area contributed by atoms with Crippen LogP contribution in [0.3, 0.4) is 0 Å². The van der Waals surface area contributed by atoms with Crippen molar-refractivity contribution in [3.63, 3.8) is 0 Å². The van der Waals surface area contributed by atoms with Gasteiger partial charge in [0.1, 0.15) is 0 Å². The molecule has 1 heterocycles. The Balaban J connectivity index is 1.34. The molecular formula is C27H28N4O. The van der Waals surface area contributed by atoms with Crippen molar-refractivity contribution in [3.8, 4) is 12.3 Å². The van der Waals surface area contributed by atoms with Gasteiger partial charge in [-0.05, 0) is 73.2 Å². The lowest BCUT2D eigenvalue weighted by Crippen LogP contribution is -2.33. The van der Waals surface area contributed by atoms with Gasteiger partial charge >= 0.3 is 0 Å². The lowest BCUT2D eigenvalue weighted by Gasteiger charge is -2.29.